The van der Waals surface area contributed by atoms with Gasteiger partial charge in [-0.05, 0) is 55.1 Å². The van der Waals surface area contributed by atoms with Gasteiger partial charge in [-0.2, -0.15) is 0 Å². The molecule has 2 aliphatic rings. The summed E-state index contributed by atoms with van der Waals surface area (Å²) in [5.41, 5.74) is 4.02. The fourth-order valence-corrected chi connectivity index (χ4v) is 3.33. The fraction of sp³-hybridized carbons (Fsp3) is 0.533. The minimum absolute atomic E-state index is 0.0461. The molecule has 0 atom stereocenters. The van der Waals surface area contributed by atoms with Crippen molar-refractivity contribution in [3.63, 3.8) is 0 Å². The zero-order chi connectivity index (χ0) is 13.9. The molecule has 0 unspecified atom stereocenters. The third-order valence-electron chi connectivity index (χ3n) is 4.17. The molecule has 0 radical (unpaired) electrons. The SMILES string of the molecule is O=C1NCCN1CCc1c(Cl)ccc2c1CCNCC2. The number of hydrogen-bond donors (Lipinski definition) is 2. The summed E-state index contributed by atoms with van der Waals surface area (Å²) >= 11 is 6.40. The summed E-state index contributed by atoms with van der Waals surface area (Å²) in [6, 6.07) is 4.20. The average Bonchev–Trinajstić information content (AvgIpc) is 2.72. The molecule has 0 aliphatic carbocycles. The Hall–Kier alpha value is -1.26. The maximum absolute atomic E-state index is 11.6. The van der Waals surface area contributed by atoms with Crippen LogP contribution in [0.5, 0.6) is 0 Å². The molecule has 1 fully saturated rings. The number of nitrogens with one attached hydrogen (secondary N) is 2. The van der Waals surface area contributed by atoms with Crippen LogP contribution in [0.25, 0.3) is 0 Å². The van der Waals surface area contributed by atoms with Gasteiger partial charge in [0, 0.05) is 24.7 Å². The molecule has 1 aromatic rings. The molecule has 2 amide bonds. The van der Waals surface area contributed by atoms with Gasteiger partial charge in [0.15, 0.2) is 0 Å². The van der Waals surface area contributed by atoms with Crippen LogP contribution in [0.2, 0.25) is 5.02 Å². The molecule has 1 aromatic carbocycles. The highest BCUT2D eigenvalue weighted by Gasteiger charge is 2.21. The quantitative estimate of drug-likeness (QED) is 0.889. The van der Waals surface area contributed by atoms with E-state index in [1.807, 2.05) is 11.0 Å². The number of urea groups is 1. The Balaban J connectivity index is 1.79. The Morgan fingerprint density at radius 3 is 2.85 bits per heavy atom. The Kier molecular flexibility index (Phi) is 4.13. The molecule has 4 nitrogen and oxygen atoms in total. The Labute approximate surface area is 124 Å². The molecule has 2 heterocycles. The predicted molar refractivity (Wildman–Crippen MR) is 80.4 cm³/mol. The third-order valence-corrected chi connectivity index (χ3v) is 4.52. The van der Waals surface area contributed by atoms with Crippen molar-refractivity contribution in [2.24, 2.45) is 0 Å². The molecule has 3 rings (SSSR count). The maximum Gasteiger partial charge on any atom is 0.317 e. The fourth-order valence-electron chi connectivity index (χ4n) is 3.06. The first-order valence-electron chi connectivity index (χ1n) is 7.28. The number of halogens is 1. The summed E-state index contributed by atoms with van der Waals surface area (Å²) in [4.78, 5) is 13.5. The lowest BCUT2D eigenvalue weighted by Crippen LogP contribution is -2.30. The van der Waals surface area contributed by atoms with Crippen molar-refractivity contribution < 1.29 is 4.79 Å². The van der Waals surface area contributed by atoms with Crippen LogP contribution < -0.4 is 10.6 Å². The van der Waals surface area contributed by atoms with Crippen LogP contribution in [0.15, 0.2) is 12.1 Å². The first-order chi connectivity index (χ1) is 9.75. The van der Waals surface area contributed by atoms with Crippen molar-refractivity contribution in [1.82, 2.24) is 15.5 Å². The van der Waals surface area contributed by atoms with E-state index in [1.165, 1.54) is 16.7 Å². The summed E-state index contributed by atoms with van der Waals surface area (Å²) in [6.07, 6.45) is 2.93. The van der Waals surface area contributed by atoms with Crippen LogP contribution in [0, 0.1) is 0 Å². The van der Waals surface area contributed by atoms with Gasteiger partial charge in [-0.25, -0.2) is 4.79 Å². The lowest BCUT2D eigenvalue weighted by Gasteiger charge is -2.18. The maximum atomic E-state index is 11.6. The minimum atomic E-state index is 0.0461. The number of nitrogens with zero attached hydrogens (tertiary/aromatic N) is 1. The molecule has 0 bridgehead atoms. The number of rotatable bonds is 3. The van der Waals surface area contributed by atoms with E-state index in [0.29, 0.717) is 0 Å². The van der Waals surface area contributed by atoms with Crippen molar-refractivity contribution in [3.8, 4) is 0 Å². The number of amides is 2. The van der Waals surface area contributed by atoms with Crippen LogP contribution in [-0.4, -0.2) is 43.7 Å². The Bertz CT molecular complexity index is 518. The van der Waals surface area contributed by atoms with E-state index in [0.717, 1.165) is 57.0 Å². The summed E-state index contributed by atoms with van der Waals surface area (Å²) in [5, 5.41) is 7.10. The van der Waals surface area contributed by atoms with Crippen LogP contribution in [0.4, 0.5) is 4.79 Å². The van der Waals surface area contributed by atoms with Gasteiger partial charge < -0.3 is 15.5 Å². The molecule has 2 N–H and O–H groups in total. The van der Waals surface area contributed by atoms with Crippen LogP contribution in [-0.2, 0) is 19.3 Å². The monoisotopic (exact) mass is 293 g/mol. The van der Waals surface area contributed by atoms with Gasteiger partial charge in [0.25, 0.3) is 0 Å². The predicted octanol–water partition coefficient (Wildman–Crippen LogP) is 1.60. The molecular weight excluding hydrogens is 274 g/mol. The molecular formula is C15H20ClN3O. The van der Waals surface area contributed by atoms with Gasteiger partial charge in [-0.15, -0.1) is 0 Å². The van der Waals surface area contributed by atoms with Gasteiger partial charge >= 0.3 is 6.03 Å². The highest BCUT2D eigenvalue weighted by molar-refractivity contribution is 6.31. The van der Waals surface area contributed by atoms with E-state index < -0.39 is 0 Å². The Morgan fingerprint density at radius 1 is 1.20 bits per heavy atom. The first-order valence-corrected chi connectivity index (χ1v) is 7.66. The normalized spacial score (nSPS) is 18.6. The van der Waals surface area contributed by atoms with E-state index >= 15 is 0 Å². The molecule has 2 aliphatic heterocycles. The van der Waals surface area contributed by atoms with Gasteiger partial charge in [0.2, 0.25) is 0 Å². The zero-order valence-electron chi connectivity index (χ0n) is 11.5. The standard InChI is InChI=1S/C15H20ClN3O/c16-14-2-1-11-3-6-17-7-4-12(11)13(14)5-9-19-10-8-18-15(19)20/h1-2,17H,3-10H2,(H,18,20). The summed E-state index contributed by atoms with van der Waals surface area (Å²) < 4.78 is 0. The van der Waals surface area contributed by atoms with Crippen molar-refractivity contribution in [2.45, 2.75) is 19.3 Å². The molecule has 0 aromatic heterocycles. The van der Waals surface area contributed by atoms with Crippen molar-refractivity contribution >= 4 is 17.6 Å². The van der Waals surface area contributed by atoms with E-state index in [1.54, 1.807) is 0 Å². The van der Waals surface area contributed by atoms with Crippen LogP contribution in [0.1, 0.15) is 16.7 Å². The lowest BCUT2D eigenvalue weighted by molar-refractivity contribution is 0.218. The Morgan fingerprint density at radius 2 is 2.05 bits per heavy atom. The second-order valence-corrected chi connectivity index (χ2v) is 5.79. The highest BCUT2D eigenvalue weighted by atomic mass is 35.5. The van der Waals surface area contributed by atoms with Crippen molar-refractivity contribution in [1.29, 1.82) is 0 Å². The second-order valence-electron chi connectivity index (χ2n) is 5.38. The molecule has 1 saturated heterocycles. The van der Waals surface area contributed by atoms with E-state index in [2.05, 4.69) is 16.7 Å². The number of benzene rings is 1. The molecule has 108 valence electrons. The van der Waals surface area contributed by atoms with Crippen LogP contribution >= 0.6 is 11.6 Å². The first kappa shape index (κ1) is 13.7. The van der Waals surface area contributed by atoms with Crippen molar-refractivity contribution in [2.75, 3.05) is 32.7 Å². The zero-order valence-corrected chi connectivity index (χ0v) is 12.3. The topological polar surface area (TPSA) is 44.4 Å². The number of carbonyl (C=O) groups excluding carboxylic acids is 1. The highest BCUT2D eigenvalue weighted by Crippen LogP contribution is 2.26. The van der Waals surface area contributed by atoms with Gasteiger partial charge in [0.1, 0.15) is 0 Å². The molecule has 20 heavy (non-hydrogen) atoms. The average molecular weight is 294 g/mol. The summed E-state index contributed by atoms with van der Waals surface area (Å²) in [7, 11) is 0. The van der Waals surface area contributed by atoms with Gasteiger partial charge in [-0.1, -0.05) is 17.7 Å². The number of hydrogen-bond acceptors (Lipinski definition) is 2. The van der Waals surface area contributed by atoms with Gasteiger partial charge in [0.05, 0.1) is 0 Å². The number of carbonyl (C=O) groups is 1. The van der Waals surface area contributed by atoms with E-state index in [4.69, 9.17) is 11.6 Å². The van der Waals surface area contributed by atoms with E-state index in [9.17, 15) is 4.79 Å². The summed E-state index contributed by atoms with van der Waals surface area (Å²) in [5.74, 6) is 0. The third kappa shape index (κ3) is 2.76. The minimum Gasteiger partial charge on any atom is -0.336 e. The second kappa shape index (κ2) is 6.02. The molecule has 5 heteroatoms. The number of fused-ring (bicyclic) bond motifs is 1. The van der Waals surface area contributed by atoms with E-state index in [-0.39, 0.29) is 6.03 Å². The van der Waals surface area contributed by atoms with Crippen LogP contribution in [0.3, 0.4) is 0 Å². The smallest absolute Gasteiger partial charge is 0.317 e. The molecule has 0 saturated carbocycles. The lowest BCUT2D eigenvalue weighted by atomic mass is 9.95. The largest absolute Gasteiger partial charge is 0.336 e. The van der Waals surface area contributed by atoms with Gasteiger partial charge in [-0.3, -0.25) is 0 Å². The van der Waals surface area contributed by atoms with Crippen molar-refractivity contribution in [3.05, 3.63) is 33.8 Å². The molecule has 0 spiro atoms. The summed E-state index contributed by atoms with van der Waals surface area (Å²) in [6.45, 7) is 4.33.